The van der Waals surface area contributed by atoms with Crippen LogP contribution in [0.2, 0.25) is 0 Å². The molecule has 0 bridgehead atoms. The molecule has 4 atom stereocenters. The van der Waals surface area contributed by atoms with Crippen molar-refractivity contribution in [3.05, 3.63) is 12.2 Å². The molecule has 1 aliphatic carbocycles. The van der Waals surface area contributed by atoms with Gasteiger partial charge in [-0.15, -0.1) is 0 Å². The number of aliphatic hydroxyl groups excluding tert-OH is 1. The first-order valence-electron chi connectivity index (χ1n) is 7.84. The molecule has 0 spiro atoms. The monoisotopic (exact) mass is 300 g/mol. The molecule has 4 nitrogen and oxygen atoms in total. The number of ether oxygens (including phenoxy) is 2. The third kappa shape index (κ3) is 4.07. The number of rotatable bonds is 7. The van der Waals surface area contributed by atoms with E-state index in [1.165, 1.54) is 0 Å². The van der Waals surface area contributed by atoms with E-state index >= 15 is 0 Å². The molecule has 0 aromatic rings. The van der Waals surface area contributed by atoms with Crippen molar-refractivity contribution in [3.63, 3.8) is 0 Å². The van der Waals surface area contributed by atoms with Crippen LogP contribution >= 0.6 is 0 Å². The van der Waals surface area contributed by atoms with Crippen LogP contribution in [0.25, 0.3) is 0 Å². The largest absolute Gasteiger partial charge is 0.389 e. The number of hydrogen-bond acceptors (Lipinski definition) is 4. The van der Waals surface area contributed by atoms with Crippen molar-refractivity contribution in [2.24, 2.45) is 17.3 Å². The van der Waals surface area contributed by atoms with Gasteiger partial charge in [0.1, 0.15) is 0 Å². The van der Waals surface area contributed by atoms with Crippen LogP contribution < -0.4 is 0 Å². The van der Waals surface area contributed by atoms with E-state index in [0.717, 1.165) is 19.3 Å². The Morgan fingerprint density at radius 1 is 1.19 bits per heavy atom. The molecule has 0 aromatic carbocycles. The maximum Gasteiger partial charge on any atom is 0.157 e. The number of hydrogen-bond donors (Lipinski definition) is 2. The molecule has 0 unspecified atom stereocenters. The fourth-order valence-electron chi connectivity index (χ4n) is 3.59. The summed E-state index contributed by atoms with van der Waals surface area (Å²) >= 11 is 0. The molecule has 0 amide bonds. The lowest BCUT2D eigenvalue weighted by atomic mass is 9.69. The average molecular weight is 300 g/mol. The van der Waals surface area contributed by atoms with Gasteiger partial charge in [0.25, 0.3) is 0 Å². The smallest absolute Gasteiger partial charge is 0.157 e. The molecule has 0 aliphatic heterocycles. The maximum atomic E-state index is 11.1. The van der Waals surface area contributed by atoms with Crippen molar-refractivity contribution in [1.29, 1.82) is 0 Å². The minimum atomic E-state index is -0.744. The highest BCUT2D eigenvalue weighted by molar-refractivity contribution is 5.13. The average Bonchev–Trinajstić information content (AvgIpc) is 2.67. The quantitative estimate of drug-likeness (QED) is 0.561. The van der Waals surface area contributed by atoms with Crippen LogP contribution in [0.15, 0.2) is 12.2 Å². The fourth-order valence-corrected chi connectivity index (χ4v) is 3.59. The van der Waals surface area contributed by atoms with Gasteiger partial charge in [-0.2, -0.15) is 0 Å². The molecule has 0 saturated heterocycles. The van der Waals surface area contributed by atoms with Crippen LogP contribution in [0.1, 0.15) is 47.0 Å². The van der Waals surface area contributed by atoms with E-state index in [1.807, 2.05) is 6.08 Å². The predicted octanol–water partition coefficient (Wildman–Crippen LogP) is 2.74. The molecular formula is C17H32O4. The summed E-state index contributed by atoms with van der Waals surface area (Å²) in [5, 5.41) is 20.7. The predicted molar refractivity (Wildman–Crippen MR) is 83.9 cm³/mol. The third-order valence-corrected chi connectivity index (χ3v) is 5.13. The summed E-state index contributed by atoms with van der Waals surface area (Å²) in [6, 6.07) is 0. The lowest BCUT2D eigenvalue weighted by molar-refractivity contribution is -0.133. The standard InChI is InChI=1S/C17H32O4/c1-12(2)17(19)10-9-16(4,11-15(20-5)21-6)14(17)8-7-13(3)18/h7-8,12-15,18-19H,9-11H2,1-6H3/b8-7+/t13-,14+,16+,17+/m0/s1. The van der Waals surface area contributed by atoms with Crippen LogP contribution in [-0.2, 0) is 9.47 Å². The van der Waals surface area contributed by atoms with E-state index in [9.17, 15) is 10.2 Å². The fraction of sp³-hybridized carbons (Fsp3) is 0.882. The summed E-state index contributed by atoms with van der Waals surface area (Å²) in [5.41, 5.74) is -0.854. The Hall–Kier alpha value is -0.420. The Balaban J connectivity index is 3.07. The lowest BCUT2D eigenvalue weighted by Gasteiger charge is -2.40. The second-order valence-electron chi connectivity index (χ2n) is 7.01. The number of aliphatic hydroxyl groups is 2. The molecule has 1 fully saturated rings. The first kappa shape index (κ1) is 18.6. The van der Waals surface area contributed by atoms with Crippen molar-refractivity contribution in [3.8, 4) is 0 Å². The highest BCUT2D eigenvalue weighted by Gasteiger charge is 2.54. The van der Waals surface area contributed by atoms with Crippen molar-refractivity contribution < 1.29 is 19.7 Å². The van der Waals surface area contributed by atoms with Gasteiger partial charge in [-0.1, -0.05) is 32.9 Å². The molecule has 1 saturated carbocycles. The summed E-state index contributed by atoms with van der Waals surface area (Å²) in [7, 11) is 3.28. The Morgan fingerprint density at radius 2 is 1.76 bits per heavy atom. The molecule has 0 aromatic heterocycles. The van der Waals surface area contributed by atoms with Gasteiger partial charge in [0.15, 0.2) is 6.29 Å². The topological polar surface area (TPSA) is 58.9 Å². The third-order valence-electron chi connectivity index (χ3n) is 5.13. The first-order valence-corrected chi connectivity index (χ1v) is 7.84. The van der Waals surface area contributed by atoms with E-state index in [2.05, 4.69) is 20.8 Å². The minimum Gasteiger partial charge on any atom is -0.389 e. The minimum absolute atomic E-state index is 0.0209. The molecule has 0 radical (unpaired) electrons. The van der Waals surface area contributed by atoms with Crippen molar-refractivity contribution in [2.75, 3.05) is 14.2 Å². The van der Waals surface area contributed by atoms with E-state index in [1.54, 1.807) is 27.2 Å². The second-order valence-corrected chi connectivity index (χ2v) is 7.01. The van der Waals surface area contributed by atoms with Crippen LogP contribution in [0.4, 0.5) is 0 Å². The van der Waals surface area contributed by atoms with Crippen molar-refractivity contribution >= 4 is 0 Å². The molecule has 124 valence electrons. The van der Waals surface area contributed by atoms with Gasteiger partial charge in [-0.3, -0.25) is 0 Å². The zero-order valence-electron chi connectivity index (χ0n) is 14.3. The van der Waals surface area contributed by atoms with Crippen LogP contribution in [0.3, 0.4) is 0 Å². The second kappa shape index (κ2) is 7.23. The molecular weight excluding hydrogens is 268 g/mol. The summed E-state index contributed by atoms with van der Waals surface area (Å²) in [5.74, 6) is 0.138. The molecule has 0 heterocycles. The van der Waals surface area contributed by atoms with E-state index < -0.39 is 11.7 Å². The summed E-state index contributed by atoms with van der Waals surface area (Å²) in [6.45, 7) is 8.01. The summed E-state index contributed by atoms with van der Waals surface area (Å²) in [4.78, 5) is 0. The number of methoxy groups -OCH3 is 2. The molecule has 2 N–H and O–H groups in total. The lowest BCUT2D eigenvalue weighted by Crippen LogP contribution is -2.43. The molecule has 4 heteroatoms. The highest BCUT2D eigenvalue weighted by atomic mass is 16.7. The molecule has 1 rings (SSSR count). The van der Waals surface area contributed by atoms with Gasteiger partial charge >= 0.3 is 0 Å². The highest BCUT2D eigenvalue weighted by Crippen LogP contribution is 2.55. The van der Waals surface area contributed by atoms with Crippen LogP contribution in [0, 0.1) is 17.3 Å². The Morgan fingerprint density at radius 3 is 2.19 bits per heavy atom. The van der Waals surface area contributed by atoms with Gasteiger partial charge in [0.2, 0.25) is 0 Å². The zero-order valence-corrected chi connectivity index (χ0v) is 14.3. The summed E-state index contributed by atoms with van der Waals surface area (Å²) in [6.07, 6.45) is 5.38. The SMILES string of the molecule is COC(C[C@@]1(C)CC[C@@](O)(C(C)C)[C@@H]1/C=C/[C@H](C)O)OC. The Labute approximate surface area is 129 Å². The van der Waals surface area contributed by atoms with Gasteiger partial charge in [0.05, 0.1) is 11.7 Å². The Bertz CT molecular complexity index is 349. The normalized spacial score (nSPS) is 35.2. The van der Waals surface area contributed by atoms with Crippen molar-refractivity contribution in [2.45, 2.75) is 65.0 Å². The van der Waals surface area contributed by atoms with Gasteiger partial charge in [0, 0.05) is 26.6 Å². The van der Waals surface area contributed by atoms with Gasteiger partial charge in [-0.05, 0) is 31.1 Å². The summed E-state index contributed by atoms with van der Waals surface area (Å²) < 4.78 is 10.7. The van der Waals surface area contributed by atoms with Crippen LogP contribution in [-0.4, -0.2) is 42.4 Å². The molecule has 21 heavy (non-hydrogen) atoms. The van der Waals surface area contributed by atoms with E-state index in [4.69, 9.17) is 9.47 Å². The first-order chi connectivity index (χ1) is 9.69. The van der Waals surface area contributed by atoms with Crippen LogP contribution in [0.5, 0.6) is 0 Å². The molecule has 1 aliphatic rings. The Kier molecular flexibility index (Phi) is 6.41. The van der Waals surface area contributed by atoms with E-state index in [0.29, 0.717) is 0 Å². The zero-order chi connectivity index (χ0) is 16.3. The van der Waals surface area contributed by atoms with Gasteiger partial charge in [-0.25, -0.2) is 0 Å². The van der Waals surface area contributed by atoms with Gasteiger partial charge < -0.3 is 19.7 Å². The maximum absolute atomic E-state index is 11.1. The van der Waals surface area contributed by atoms with Crippen molar-refractivity contribution in [1.82, 2.24) is 0 Å². The van der Waals surface area contributed by atoms with E-state index in [-0.39, 0.29) is 23.5 Å².